The summed E-state index contributed by atoms with van der Waals surface area (Å²) in [5.74, 6) is 0.355. The minimum Gasteiger partial charge on any atom is -0.396 e. The maximum atomic E-state index is 13.7. The summed E-state index contributed by atoms with van der Waals surface area (Å²) in [6.45, 7) is 2.01. The van der Waals surface area contributed by atoms with Crippen molar-refractivity contribution in [2.75, 3.05) is 6.61 Å². The van der Waals surface area contributed by atoms with Crippen LogP contribution in [0.15, 0.2) is 28.9 Å². The fourth-order valence-electron chi connectivity index (χ4n) is 1.79. The van der Waals surface area contributed by atoms with Gasteiger partial charge < -0.3 is 10.1 Å². The smallest absolute Gasteiger partial charge is 0.132 e. The second kappa shape index (κ2) is 5.63. The number of aliphatic hydroxyl groups excluding tert-OH is 1. The molecule has 0 amide bonds. The molecule has 2 aromatic rings. The Kier molecular flexibility index (Phi) is 4.14. The van der Waals surface area contributed by atoms with E-state index in [1.807, 2.05) is 6.92 Å². The summed E-state index contributed by atoms with van der Waals surface area (Å²) in [6.07, 6.45) is 2.38. The van der Waals surface area contributed by atoms with E-state index in [9.17, 15) is 9.50 Å². The zero-order chi connectivity index (χ0) is 13.1. The van der Waals surface area contributed by atoms with Crippen LogP contribution in [0.4, 0.5) is 4.39 Å². The summed E-state index contributed by atoms with van der Waals surface area (Å²) in [5.41, 5.74) is 1.09. The highest BCUT2D eigenvalue weighted by Crippen LogP contribution is 2.26. The summed E-state index contributed by atoms with van der Waals surface area (Å²) in [4.78, 5) is 7.28. The number of imidazole rings is 1. The van der Waals surface area contributed by atoms with E-state index in [1.54, 1.807) is 18.3 Å². The molecule has 18 heavy (non-hydrogen) atoms. The van der Waals surface area contributed by atoms with E-state index in [0.717, 1.165) is 10.9 Å². The molecule has 0 aliphatic carbocycles. The Bertz CT molecular complexity index is 538. The van der Waals surface area contributed by atoms with Crippen molar-refractivity contribution in [1.29, 1.82) is 0 Å². The van der Waals surface area contributed by atoms with E-state index >= 15 is 0 Å². The van der Waals surface area contributed by atoms with Crippen molar-refractivity contribution < 1.29 is 9.50 Å². The lowest BCUT2D eigenvalue weighted by molar-refractivity contribution is 0.258. The third-order valence-corrected chi connectivity index (χ3v) is 3.41. The number of hydrogen-bond donors (Lipinski definition) is 2. The molecule has 1 heterocycles. The fourth-order valence-corrected chi connectivity index (χ4v) is 2.15. The monoisotopic (exact) mass is 312 g/mol. The molecule has 1 aromatic carbocycles. The summed E-state index contributed by atoms with van der Waals surface area (Å²) in [6, 6.07) is 4.76. The molecule has 0 bridgehead atoms. The number of benzene rings is 1. The van der Waals surface area contributed by atoms with Crippen LogP contribution in [0.3, 0.4) is 0 Å². The average Bonchev–Trinajstić information content (AvgIpc) is 2.83. The highest BCUT2D eigenvalue weighted by Gasteiger charge is 2.14. The fraction of sp³-hybridized carbons (Fsp3) is 0.308. The minimum atomic E-state index is -0.301. The summed E-state index contributed by atoms with van der Waals surface area (Å²) >= 11 is 3.32. The van der Waals surface area contributed by atoms with Gasteiger partial charge in [0.05, 0.1) is 18.5 Å². The van der Waals surface area contributed by atoms with E-state index in [2.05, 4.69) is 25.9 Å². The zero-order valence-electron chi connectivity index (χ0n) is 9.95. The van der Waals surface area contributed by atoms with E-state index < -0.39 is 0 Å². The van der Waals surface area contributed by atoms with Crippen molar-refractivity contribution >= 4 is 15.9 Å². The highest BCUT2D eigenvalue weighted by atomic mass is 79.9. The molecular formula is C13H14BrFN2O. The highest BCUT2D eigenvalue weighted by molar-refractivity contribution is 9.10. The third-order valence-electron chi connectivity index (χ3n) is 2.91. The summed E-state index contributed by atoms with van der Waals surface area (Å²) in [7, 11) is 0. The first-order valence-electron chi connectivity index (χ1n) is 5.76. The van der Waals surface area contributed by atoms with Crippen LogP contribution in [0, 0.1) is 5.82 Å². The Balaban J connectivity index is 2.37. The van der Waals surface area contributed by atoms with Gasteiger partial charge in [-0.3, -0.25) is 0 Å². The van der Waals surface area contributed by atoms with Crippen LogP contribution in [0.1, 0.15) is 25.1 Å². The quantitative estimate of drug-likeness (QED) is 0.908. The molecule has 1 atom stereocenters. The molecule has 0 fully saturated rings. The topological polar surface area (TPSA) is 48.9 Å². The number of nitrogens with zero attached hydrogens (tertiary/aromatic N) is 1. The SMILES string of the molecule is CCC(CO)c1ncc(-c2cc(Br)ccc2F)[nH]1. The normalized spacial score (nSPS) is 12.7. The number of aromatic nitrogens is 2. The van der Waals surface area contributed by atoms with Crippen molar-refractivity contribution in [2.24, 2.45) is 0 Å². The molecule has 2 rings (SSSR count). The third kappa shape index (κ3) is 2.62. The lowest BCUT2D eigenvalue weighted by Gasteiger charge is -2.07. The first-order chi connectivity index (χ1) is 8.65. The van der Waals surface area contributed by atoms with E-state index in [0.29, 0.717) is 17.1 Å². The number of nitrogens with one attached hydrogen (secondary N) is 1. The first-order valence-corrected chi connectivity index (χ1v) is 6.56. The van der Waals surface area contributed by atoms with Crippen molar-refractivity contribution in [3.8, 4) is 11.3 Å². The first kappa shape index (κ1) is 13.2. The van der Waals surface area contributed by atoms with Crippen molar-refractivity contribution in [3.63, 3.8) is 0 Å². The molecule has 0 radical (unpaired) electrons. The van der Waals surface area contributed by atoms with Crippen LogP contribution in [-0.4, -0.2) is 21.7 Å². The van der Waals surface area contributed by atoms with Crippen molar-refractivity contribution in [3.05, 3.63) is 40.5 Å². The predicted molar refractivity (Wildman–Crippen MR) is 71.8 cm³/mol. The van der Waals surface area contributed by atoms with E-state index in [-0.39, 0.29) is 18.3 Å². The van der Waals surface area contributed by atoms with E-state index in [4.69, 9.17) is 0 Å². The van der Waals surface area contributed by atoms with Crippen molar-refractivity contribution in [1.82, 2.24) is 9.97 Å². The van der Waals surface area contributed by atoms with Gasteiger partial charge in [0.1, 0.15) is 11.6 Å². The molecule has 5 heteroatoms. The molecule has 0 aliphatic heterocycles. The number of aliphatic hydroxyl groups is 1. The molecule has 1 aromatic heterocycles. The zero-order valence-corrected chi connectivity index (χ0v) is 11.5. The van der Waals surface area contributed by atoms with Crippen LogP contribution < -0.4 is 0 Å². The lowest BCUT2D eigenvalue weighted by Crippen LogP contribution is -2.04. The molecule has 96 valence electrons. The maximum Gasteiger partial charge on any atom is 0.132 e. The summed E-state index contributed by atoms with van der Waals surface area (Å²) < 4.78 is 14.5. The van der Waals surface area contributed by atoms with Crippen LogP contribution in [0.2, 0.25) is 0 Å². The van der Waals surface area contributed by atoms with Crippen LogP contribution in [0.25, 0.3) is 11.3 Å². The number of rotatable bonds is 4. The molecule has 0 saturated carbocycles. The van der Waals surface area contributed by atoms with Gasteiger partial charge in [0.25, 0.3) is 0 Å². The largest absolute Gasteiger partial charge is 0.396 e. The van der Waals surface area contributed by atoms with Gasteiger partial charge in [-0.15, -0.1) is 0 Å². The molecule has 2 N–H and O–H groups in total. The number of aromatic amines is 1. The summed E-state index contributed by atoms with van der Waals surface area (Å²) in [5, 5.41) is 9.22. The molecular weight excluding hydrogens is 299 g/mol. The minimum absolute atomic E-state index is 0.0322. The standard InChI is InChI=1S/C13H14BrFN2O/c1-2-8(7-18)13-16-6-12(17-13)10-5-9(14)3-4-11(10)15/h3-6,8,18H,2,7H2,1H3,(H,16,17). The molecule has 3 nitrogen and oxygen atoms in total. The van der Waals surface area contributed by atoms with Gasteiger partial charge in [0.15, 0.2) is 0 Å². The number of hydrogen-bond acceptors (Lipinski definition) is 2. The van der Waals surface area contributed by atoms with Crippen LogP contribution in [0.5, 0.6) is 0 Å². The Hall–Kier alpha value is -1.20. The Labute approximate surface area is 113 Å². The van der Waals surface area contributed by atoms with Gasteiger partial charge in [0.2, 0.25) is 0 Å². The van der Waals surface area contributed by atoms with Gasteiger partial charge >= 0.3 is 0 Å². The number of H-pyrrole nitrogens is 1. The Morgan fingerprint density at radius 3 is 2.94 bits per heavy atom. The molecule has 1 unspecified atom stereocenters. The van der Waals surface area contributed by atoms with E-state index in [1.165, 1.54) is 6.07 Å². The van der Waals surface area contributed by atoms with Crippen LogP contribution >= 0.6 is 15.9 Å². The van der Waals surface area contributed by atoms with Crippen LogP contribution in [-0.2, 0) is 0 Å². The number of halogens is 2. The predicted octanol–water partition coefficient (Wildman–Crippen LogP) is 3.46. The second-order valence-corrected chi connectivity index (χ2v) is 5.01. The molecule has 0 spiro atoms. The average molecular weight is 313 g/mol. The van der Waals surface area contributed by atoms with Gasteiger partial charge in [-0.25, -0.2) is 9.37 Å². The lowest BCUT2D eigenvalue weighted by atomic mass is 10.1. The molecule has 0 saturated heterocycles. The van der Waals surface area contributed by atoms with Gasteiger partial charge in [-0.2, -0.15) is 0 Å². The maximum absolute atomic E-state index is 13.7. The van der Waals surface area contributed by atoms with Gasteiger partial charge in [0, 0.05) is 16.0 Å². The Morgan fingerprint density at radius 2 is 2.28 bits per heavy atom. The van der Waals surface area contributed by atoms with Gasteiger partial charge in [-0.05, 0) is 24.6 Å². The molecule has 0 aliphatic rings. The van der Waals surface area contributed by atoms with Crippen molar-refractivity contribution in [2.45, 2.75) is 19.3 Å². The Morgan fingerprint density at radius 1 is 1.50 bits per heavy atom. The second-order valence-electron chi connectivity index (χ2n) is 4.09. The van der Waals surface area contributed by atoms with Gasteiger partial charge in [-0.1, -0.05) is 22.9 Å².